The van der Waals surface area contributed by atoms with E-state index in [0.717, 1.165) is 13.0 Å². The van der Waals surface area contributed by atoms with E-state index in [9.17, 15) is 4.79 Å². The number of hydrogen-bond donors (Lipinski definition) is 1. The first kappa shape index (κ1) is 13.6. The van der Waals surface area contributed by atoms with Gasteiger partial charge >= 0.3 is 0 Å². The molecule has 0 aromatic carbocycles. The minimum Gasteiger partial charge on any atom is -0.380 e. The smallest absolute Gasteiger partial charge is 0.235 e. The van der Waals surface area contributed by atoms with E-state index in [-0.39, 0.29) is 17.1 Å². The Morgan fingerprint density at radius 2 is 2.31 bits per heavy atom. The lowest BCUT2D eigenvalue weighted by Gasteiger charge is -2.29. The molecule has 1 aliphatic heterocycles. The van der Waals surface area contributed by atoms with Gasteiger partial charge in [-0.1, -0.05) is 19.9 Å². The summed E-state index contributed by atoms with van der Waals surface area (Å²) in [5, 5.41) is -0.183. The second-order valence-corrected chi connectivity index (χ2v) is 5.07. The molecule has 0 aliphatic carbocycles. The Morgan fingerprint density at radius 3 is 2.75 bits per heavy atom. The van der Waals surface area contributed by atoms with E-state index >= 15 is 0 Å². The highest BCUT2D eigenvalue weighted by Gasteiger charge is 2.24. The van der Waals surface area contributed by atoms with Gasteiger partial charge in [-0.25, -0.2) is 0 Å². The zero-order valence-corrected chi connectivity index (χ0v) is 11.2. The monoisotopic (exact) mass is 243 g/mol. The number of thiol groups is 1. The summed E-state index contributed by atoms with van der Waals surface area (Å²) in [6.45, 7) is 6.20. The number of hydrogen-bond acceptors (Lipinski definition) is 3. The van der Waals surface area contributed by atoms with Crippen LogP contribution in [0.1, 0.15) is 20.3 Å². The molecule has 0 saturated heterocycles. The maximum absolute atomic E-state index is 12.0. The zero-order valence-electron chi connectivity index (χ0n) is 10.3. The van der Waals surface area contributed by atoms with E-state index in [2.05, 4.69) is 18.7 Å². The standard InChI is InChI=1S/C12H21NO2S/c1-9(2)11(16)12(14)13-6-4-10(5-7-13)8-15-3/h4,9,11,16H,5-8H2,1-3H3. The molecule has 1 unspecified atom stereocenters. The highest BCUT2D eigenvalue weighted by atomic mass is 32.1. The number of nitrogens with zero attached hydrogens (tertiary/aromatic N) is 1. The predicted octanol–water partition coefficient (Wildman–Crippen LogP) is 1.75. The van der Waals surface area contributed by atoms with Crippen molar-refractivity contribution in [3.63, 3.8) is 0 Å². The van der Waals surface area contributed by atoms with Gasteiger partial charge in [0.25, 0.3) is 0 Å². The first-order chi connectivity index (χ1) is 7.56. The first-order valence-corrected chi connectivity index (χ1v) is 6.21. The summed E-state index contributed by atoms with van der Waals surface area (Å²) >= 11 is 4.36. The number of methoxy groups -OCH3 is 1. The number of carbonyl (C=O) groups is 1. The van der Waals surface area contributed by atoms with Gasteiger partial charge in [0.05, 0.1) is 11.9 Å². The maximum Gasteiger partial charge on any atom is 0.235 e. The quantitative estimate of drug-likeness (QED) is 0.602. The summed E-state index contributed by atoms with van der Waals surface area (Å²) < 4.78 is 5.08. The van der Waals surface area contributed by atoms with Gasteiger partial charge in [-0.3, -0.25) is 4.79 Å². The largest absolute Gasteiger partial charge is 0.380 e. The molecule has 1 heterocycles. The molecule has 0 aromatic heterocycles. The molecule has 0 aromatic rings. The number of rotatable bonds is 4. The van der Waals surface area contributed by atoms with Crippen molar-refractivity contribution in [2.24, 2.45) is 5.92 Å². The molecular formula is C12H21NO2S. The summed E-state index contributed by atoms with van der Waals surface area (Å²) in [6.07, 6.45) is 3.00. The van der Waals surface area contributed by atoms with Crippen molar-refractivity contribution in [2.75, 3.05) is 26.8 Å². The van der Waals surface area contributed by atoms with Crippen molar-refractivity contribution in [1.29, 1.82) is 0 Å². The van der Waals surface area contributed by atoms with Crippen LogP contribution in [0.25, 0.3) is 0 Å². The highest BCUT2D eigenvalue weighted by molar-refractivity contribution is 7.81. The van der Waals surface area contributed by atoms with Crippen LogP contribution in [-0.2, 0) is 9.53 Å². The Kier molecular flexibility index (Phi) is 5.35. The van der Waals surface area contributed by atoms with Gasteiger partial charge in [-0.15, -0.1) is 0 Å². The molecule has 0 N–H and O–H groups in total. The van der Waals surface area contributed by atoms with E-state index in [4.69, 9.17) is 4.74 Å². The van der Waals surface area contributed by atoms with Crippen LogP contribution in [0.5, 0.6) is 0 Å². The van der Waals surface area contributed by atoms with Crippen molar-refractivity contribution in [3.05, 3.63) is 11.6 Å². The van der Waals surface area contributed by atoms with E-state index in [1.54, 1.807) is 7.11 Å². The fraction of sp³-hybridized carbons (Fsp3) is 0.750. The lowest BCUT2D eigenvalue weighted by atomic mass is 10.1. The molecule has 0 bridgehead atoms. The van der Waals surface area contributed by atoms with Crippen molar-refractivity contribution < 1.29 is 9.53 Å². The van der Waals surface area contributed by atoms with Crippen molar-refractivity contribution in [3.8, 4) is 0 Å². The van der Waals surface area contributed by atoms with Gasteiger partial charge in [0.1, 0.15) is 0 Å². The van der Waals surface area contributed by atoms with Gasteiger partial charge in [-0.05, 0) is 17.9 Å². The number of amides is 1. The van der Waals surface area contributed by atoms with Crippen LogP contribution in [0.15, 0.2) is 11.6 Å². The summed E-state index contributed by atoms with van der Waals surface area (Å²) in [5.74, 6) is 0.422. The van der Waals surface area contributed by atoms with Crippen molar-refractivity contribution in [2.45, 2.75) is 25.5 Å². The third-order valence-electron chi connectivity index (χ3n) is 2.83. The van der Waals surface area contributed by atoms with Crippen LogP contribution in [0.2, 0.25) is 0 Å². The Balaban J connectivity index is 2.50. The zero-order chi connectivity index (χ0) is 12.1. The Hall–Kier alpha value is -0.480. The molecule has 0 saturated carbocycles. The van der Waals surface area contributed by atoms with Gasteiger partial charge < -0.3 is 9.64 Å². The van der Waals surface area contributed by atoms with E-state index in [0.29, 0.717) is 13.2 Å². The van der Waals surface area contributed by atoms with E-state index < -0.39 is 0 Å². The molecule has 92 valence electrons. The molecule has 1 aliphatic rings. The minimum absolute atomic E-state index is 0.144. The van der Waals surface area contributed by atoms with Crippen molar-refractivity contribution in [1.82, 2.24) is 4.90 Å². The molecular weight excluding hydrogens is 222 g/mol. The summed E-state index contributed by atoms with van der Waals surface area (Å²) in [4.78, 5) is 13.9. The van der Waals surface area contributed by atoms with Crippen molar-refractivity contribution >= 4 is 18.5 Å². The molecule has 16 heavy (non-hydrogen) atoms. The Bertz CT molecular complexity index is 276. The van der Waals surface area contributed by atoms with Gasteiger partial charge in [-0.2, -0.15) is 12.6 Å². The Labute approximate surface area is 103 Å². The molecule has 0 fully saturated rings. The van der Waals surface area contributed by atoms with Crippen LogP contribution in [0.4, 0.5) is 0 Å². The molecule has 1 rings (SSSR count). The molecule has 1 amide bonds. The average Bonchev–Trinajstić information content (AvgIpc) is 2.28. The topological polar surface area (TPSA) is 29.5 Å². The summed E-state index contributed by atoms with van der Waals surface area (Å²) in [5.41, 5.74) is 1.28. The molecule has 0 spiro atoms. The second kappa shape index (κ2) is 6.30. The van der Waals surface area contributed by atoms with Gasteiger partial charge in [0.15, 0.2) is 0 Å². The predicted molar refractivity (Wildman–Crippen MR) is 68.8 cm³/mol. The first-order valence-electron chi connectivity index (χ1n) is 5.70. The SMILES string of the molecule is COCC1=CCN(C(=O)C(S)C(C)C)CC1. The van der Waals surface area contributed by atoms with Crippen LogP contribution < -0.4 is 0 Å². The van der Waals surface area contributed by atoms with Crippen LogP contribution in [-0.4, -0.2) is 42.9 Å². The lowest BCUT2D eigenvalue weighted by molar-refractivity contribution is -0.131. The third-order valence-corrected chi connectivity index (χ3v) is 3.65. The van der Waals surface area contributed by atoms with E-state index in [1.165, 1.54) is 5.57 Å². The van der Waals surface area contributed by atoms with E-state index in [1.807, 2.05) is 18.7 Å². The second-order valence-electron chi connectivity index (χ2n) is 4.52. The normalized spacial score (nSPS) is 18.6. The molecule has 4 heteroatoms. The maximum atomic E-state index is 12.0. The van der Waals surface area contributed by atoms with Crippen LogP contribution in [0, 0.1) is 5.92 Å². The fourth-order valence-electron chi connectivity index (χ4n) is 1.70. The summed E-state index contributed by atoms with van der Waals surface area (Å²) in [6, 6.07) is 0. The van der Waals surface area contributed by atoms with Gasteiger partial charge in [0.2, 0.25) is 5.91 Å². The van der Waals surface area contributed by atoms with Gasteiger partial charge in [0, 0.05) is 20.2 Å². The Morgan fingerprint density at radius 1 is 1.62 bits per heavy atom. The molecule has 0 radical (unpaired) electrons. The number of carbonyl (C=O) groups excluding carboxylic acids is 1. The highest BCUT2D eigenvalue weighted by Crippen LogP contribution is 2.17. The number of ether oxygens (including phenoxy) is 1. The van der Waals surface area contributed by atoms with Crippen LogP contribution in [0.3, 0.4) is 0 Å². The average molecular weight is 243 g/mol. The minimum atomic E-state index is -0.183. The lowest BCUT2D eigenvalue weighted by Crippen LogP contribution is -2.41. The van der Waals surface area contributed by atoms with Crippen LogP contribution >= 0.6 is 12.6 Å². The molecule has 3 nitrogen and oxygen atoms in total. The fourth-order valence-corrected chi connectivity index (χ4v) is 1.86. The third kappa shape index (κ3) is 3.52. The molecule has 1 atom stereocenters. The summed E-state index contributed by atoms with van der Waals surface area (Å²) in [7, 11) is 1.70.